The van der Waals surface area contributed by atoms with Crippen molar-refractivity contribution in [3.63, 3.8) is 0 Å². The molecule has 1 fully saturated rings. The van der Waals surface area contributed by atoms with Crippen molar-refractivity contribution < 1.29 is 9.50 Å². The number of nitrogens with zero attached hydrogens (tertiary/aromatic N) is 3. The standard InChI is InChI=1S/C16H20FN3O/c1-11-7-12(2)20(18-11)15-8-19(9-15)10-16(21)13-3-5-14(17)6-4-13/h3-7,15-16,21H,8-10H2,1-2H3/t16-/m1/s1. The lowest BCUT2D eigenvalue weighted by Gasteiger charge is -2.40. The van der Waals surface area contributed by atoms with Crippen LogP contribution in [0.15, 0.2) is 30.3 Å². The van der Waals surface area contributed by atoms with Gasteiger partial charge >= 0.3 is 0 Å². The molecule has 4 nitrogen and oxygen atoms in total. The Bertz CT molecular complexity index is 617. The van der Waals surface area contributed by atoms with Crippen molar-refractivity contribution in [1.29, 1.82) is 0 Å². The summed E-state index contributed by atoms with van der Waals surface area (Å²) in [5.74, 6) is -0.278. The summed E-state index contributed by atoms with van der Waals surface area (Å²) in [7, 11) is 0. The fraction of sp³-hybridized carbons (Fsp3) is 0.438. The molecule has 2 heterocycles. The molecule has 5 heteroatoms. The molecule has 0 amide bonds. The molecule has 1 N–H and O–H groups in total. The molecule has 1 aliphatic heterocycles. The minimum Gasteiger partial charge on any atom is -0.387 e. The average molecular weight is 289 g/mol. The van der Waals surface area contributed by atoms with Crippen molar-refractivity contribution in [3.05, 3.63) is 53.1 Å². The van der Waals surface area contributed by atoms with E-state index < -0.39 is 6.10 Å². The Morgan fingerprint density at radius 2 is 1.95 bits per heavy atom. The van der Waals surface area contributed by atoms with Gasteiger partial charge in [0.1, 0.15) is 5.82 Å². The van der Waals surface area contributed by atoms with E-state index in [9.17, 15) is 9.50 Å². The van der Waals surface area contributed by atoms with E-state index in [-0.39, 0.29) is 5.82 Å². The number of hydrogen-bond acceptors (Lipinski definition) is 3. The third-order valence-corrected chi connectivity index (χ3v) is 4.01. The Hall–Kier alpha value is -1.72. The van der Waals surface area contributed by atoms with Gasteiger partial charge < -0.3 is 5.11 Å². The van der Waals surface area contributed by atoms with Gasteiger partial charge in [0, 0.05) is 25.3 Å². The number of β-amino-alcohol motifs (C(OH)–C–C–N with tert-alkyl or cyclic N) is 1. The Balaban J connectivity index is 1.55. The van der Waals surface area contributed by atoms with Crippen LogP contribution in [0.3, 0.4) is 0 Å². The average Bonchev–Trinajstić information content (AvgIpc) is 2.72. The molecular weight excluding hydrogens is 269 g/mol. The summed E-state index contributed by atoms with van der Waals surface area (Å²) in [6.07, 6.45) is -0.577. The maximum atomic E-state index is 12.9. The Morgan fingerprint density at radius 3 is 2.52 bits per heavy atom. The third-order valence-electron chi connectivity index (χ3n) is 4.01. The van der Waals surface area contributed by atoms with Gasteiger partial charge in [-0.15, -0.1) is 0 Å². The molecule has 0 bridgehead atoms. The van der Waals surface area contributed by atoms with Gasteiger partial charge in [-0.1, -0.05) is 12.1 Å². The smallest absolute Gasteiger partial charge is 0.123 e. The van der Waals surface area contributed by atoms with E-state index in [0.717, 1.165) is 24.3 Å². The fourth-order valence-corrected chi connectivity index (χ4v) is 2.90. The SMILES string of the molecule is Cc1cc(C)n(C2CN(C[C@@H](O)c3ccc(F)cc3)C2)n1. The topological polar surface area (TPSA) is 41.3 Å². The zero-order valence-corrected chi connectivity index (χ0v) is 12.3. The highest BCUT2D eigenvalue weighted by Gasteiger charge is 2.31. The molecule has 1 saturated heterocycles. The van der Waals surface area contributed by atoms with Crippen molar-refractivity contribution in [2.45, 2.75) is 26.0 Å². The highest BCUT2D eigenvalue weighted by Crippen LogP contribution is 2.25. The number of aliphatic hydroxyl groups excluding tert-OH is 1. The lowest BCUT2D eigenvalue weighted by molar-refractivity contribution is 0.0393. The van der Waals surface area contributed by atoms with Crippen LogP contribution in [0.1, 0.15) is 29.1 Å². The molecule has 1 aromatic carbocycles. The number of benzene rings is 1. The molecule has 21 heavy (non-hydrogen) atoms. The van der Waals surface area contributed by atoms with Crippen LogP contribution in [0.4, 0.5) is 4.39 Å². The number of aliphatic hydroxyl groups is 1. The summed E-state index contributed by atoms with van der Waals surface area (Å²) in [6, 6.07) is 8.51. The zero-order valence-electron chi connectivity index (χ0n) is 12.3. The Kier molecular flexibility index (Phi) is 3.78. The van der Waals surface area contributed by atoms with E-state index in [1.54, 1.807) is 12.1 Å². The van der Waals surface area contributed by atoms with Crippen molar-refractivity contribution in [1.82, 2.24) is 14.7 Å². The van der Waals surface area contributed by atoms with Crippen LogP contribution in [-0.4, -0.2) is 39.4 Å². The Labute approximate surface area is 123 Å². The predicted molar refractivity (Wildman–Crippen MR) is 78.5 cm³/mol. The first-order valence-corrected chi connectivity index (χ1v) is 7.21. The normalized spacial score (nSPS) is 17.7. The molecular formula is C16H20FN3O. The van der Waals surface area contributed by atoms with Crippen molar-refractivity contribution >= 4 is 0 Å². The van der Waals surface area contributed by atoms with E-state index in [2.05, 4.69) is 27.7 Å². The number of rotatable bonds is 4. The second-order valence-corrected chi connectivity index (χ2v) is 5.81. The number of hydrogen-bond donors (Lipinski definition) is 1. The summed E-state index contributed by atoms with van der Waals surface area (Å²) in [6.45, 7) is 6.41. The molecule has 0 spiro atoms. The van der Waals surface area contributed by atoms with Gasteiger partial charge in [0.25, 0.3) is 0 Å². The van der Waals surface area contributed by atoms with Crippen LogP contribution in [-0.2, 0) is 0 Å². The van der Waals surface area contributed by atoms with Crippen LogP contribution in [0.5, 0.6) is 0 Å². The minimum absolute atomic E-state index is 0.278. The van der Waals surface area contributed by atoms with Crippen molar-refractivity contribution in [3.8, 4) is 0 Å². The highest BCUT2D eigenvalue weighted by atomic mass is 19.1. The van der Waals surface area contributed by atoms with Crippen LogP contribution in [0.25, 0.3) is 0 Å². The van der Waals surface area contributed by atoms with Gasteiger partial charge in [0.15, 0.2) is 0 Å². The maximum absolute atomic E-state index is 12.9. The molecule has 0 saturated carbocycles. The van der Waals surface area contributed by atoms with Crippen LogP contribution in [0, 0.1) is 19.7 Å². The summed E-state index contributed by atoms with van der Waals surface area (Å²) < 4.78 is 14.9. The minimum atomic E-state index is -0.577. The van der Waals surface area contributed by atoms with Gasteiger partial charge in [0.05, 0.1) is 17.8 Å². The van der Waals surface area contributed by atoms with Gasteiger partial charge in [-0.05, 0) is 37.6 Å². The quantitative estimate of drug-likeness (QED) is 0.938. The first kappa shape index (κ1) is 14.2. The summed E-state index contributed by atoms with van der Waals surface area (Å²) in [4.78, 5) is 2.19. The van der Waals surface area contributed by atoms with Crippen molar-refractivity contribution in [2.24, 2.45) is 0 Å². The molecule has 0 radical (unpaired) electrons. The number of halogens is 1. The van der Waals surface area contributed by atoms with Crippen LogP contribution >= 0.6 is 0 Å². The van der Waals surface area contributed by atoms with Crippen molar-refractivity contribution in [2.75, 3.05) is 19.6 Å². The van der Waals surface area contributed by atoms with E-state index >= 15 is 0 Å². The van der Waals surface area contributed by atoms with Gasteiger partial charge in [-0.3, -0.25) is 9.58 Å². The van der Waals surface area contributed by atoms with E-state index in [0.29, 0.717) is 12.6 Å². The first-order chi connectivity index (χ1) is 10.0. The van der Waals surface area contributed by atoms with Crippen LogP contribution in [0.2, 0.25) is 0 Å². The van der Waals surface area contributed by atoms with E-state index in [1.807, 2.05) is 6.92 Å². The predicted octanol–water partition coefficient (Wildman–Crippen LogP) is 2.23. The second kappa shape index (κ2) is 5.58. The van der Waals surface area contributed by atoms with E-state index in [1.165, 1.54) is 17.8 Å². The number of likely N-dealkylation sites (tertiary alicyclic amines) is 1. The molecule has 0 unspecified atom stereocenters. The van der Waals surface area contributed by atoms with Gasteiger partial charge in [0.2, 0.25) is 0 Å². The Morgan fingerprint density at radius 1 is 1.29 bits per heavy atom. The molecule has 1 aliphatic rings. The van der Waals surface area contributed by atoms with E-state index in [4.69, 9.17) is 0 Å². The fourth-order valence-electron chi connectivity index (χ4n) is 2.90. The summed E-state index contributed by atoms with van der Waals surface area (Å²) >= 11 is 0. The highest BCUT2D eigenvalue weighted by molar-refractivity contribution is 5.19. The largest absolute Gasteiger partial charge is 0.387 e. The molecule has 1 aromatic heterocycles. The molecule has 112 valence electrons. The molecule has 3 rings (SSSR count). The second-order valence-electron chi connectivity index (χ2n) is 5.81. The zero-order chi connectivity index (χ0) is 15.0. The number of aromatic nitrogens is 2. The van der Waals surface area contributed by atoms with Gasteiger partial charge in [-0.2, -0.15) is 5.10 Å². The number of aryl methyl sites for hydroxylation is 2. The molecule has 2 aromatic rings. The molecule has 0 aliphatic carbocycles. The monoisotopic (exact) mass is 289 g/mol. The van der Waals surface area contributed by atoms with Gasteiger partial charge in [-0.25, -0.2) is 4.39 Å². The van der Waals surface area contributed by atoms with Crippen LogP contribution < -0.4 is 0 Å². The summed E-state index contributed by atoms with van der Waals surface area (Å²) in [5, 5.41) is 14.7. The lowest BCUT2D eigenvalue weighted by Crippen LogP contribution is -2.49. The first-order valence-electron chi connectivity index (χ1n) is 7.21. The lowest BCUT2D eigenvalue weighted by atomic mass is 10.0. The molecule has 1 atom stereocenters. The third kappa shape index (κ3) is 2.99. The maximum Gasteiger partial charge on any atom is 0.123 e. The summed E-state index contributed by atoms with van der Waals surface area (Å²) in [5.41, 5.74) is 2.97.